The van der Waals surface area contributed by atoms with E-state index in [0.717, 1.165) is 31.3 Å². The molecule has 1 aliphatic heterocycles. The number of aryl methyl sites for hydroxylation is 2. The molecule has 26 heavy (non-hydrogen) atoms. The summed E-state index contributed by atoms with van der Waals surface area (Å²) in [6.45, 7) is 4.02. The van der Waals surface area contributed by atoms with Gasteiger partial charge in [0.15, 0.2) is 5.17 Å². The predicted octanol–water partition coefficient (Wildman–Crippen LogP) is 5.73. The highest BCUT2D eigenvalue weighted by molar-refractivity contribution is 9.11. The van der Waals surface area contributed by atoms with Crippen LogP contribution in [0.4, 0.5) is 5.69 Å². The number of amidine groups is 1. The highest BCUT2D eigenvalue weighted by Crippen LogP contribution is 2.36. The molecular formula is C19H16Br2N2O2S. The Hall–Kier alpha value is -1.57. The molecule has 1 saturated heterocycles. The highest BCUT2D eigenvalue weighted by atomic mass is 79.9. The Labute approximate surface area is 173 Å². The minimum Gasteiger partial charge on any atom is -0.495 e. The van der Waals surface area contributed by atoms with E-state index in [-0.39, 0.29) is 5.91 Å². The molecule has 0 saturated carbocycles. The Morgan fingerprint density at radius 2 is 1.96 bits per heavy atom. The molecule has 1 fully saturated rings. The van der Waals surface area contributed by atoms with Crippen LogP contribution in [0.15, 0.2) is 49.2 Å². The van der Waals surface area contributed by atoms with Gasteiger partial charge in [-0.3, -0.25) is 4.79 Å². The number of hydrogen-bond acceptors (Lipinski definition) is 4. The van der Waals surface area contributed by atoms with Gasteiger partial charge in [-0.1, -0.05) is 28.1 Å². The third-order valence-corrected chi connectivity index (χ3v) is 5.72. The maximum absolute atomic E-state index is 12.4. The van der Waals surface area contributed by atoms with Crippen molar-refractivity contribution in [3.8, 4) is 5.75 Å². The lowest BCUT2D eigenvalue weighted by Gasteiger charge is -2.08. The van der Waals surface area contributed by atoms with Crippen molar-refractivity contribution in [2.75, 3.05) is 7.11 Å². The summed E-state index contributed by atoms with van der Waals surface area (Å²) < 4.78 is 7.15. The van der Waals surface area contributed by atoms with Gasteiger partial charge in [0, 0.05) is 10.0 Å². The lowest BCUT2D eigenvalue weighted by atomic mass is 10.1. The Balaban J connectivity index is 1.95. The van der Waals surface area contributed by atoms with Crippen LogP contribution in [0.3, 0.4) is 0 Å². The summed E-state index contributed by atoms with van der Waals surface area (Å²) in [5.41, 5.74) is 3.85. The van der Waals surface area contributed by atoms with Crippen LogP contribution in [-0.4, -0.2) is 18.2 Å². The average molecular weight is 496 g/mol. The third kappa shape index (κ3) is 4.22. The van der Waals surface area contributed by atoms with Crippen LogP contribution in [0.2, 0.25) is 0 Å². The van der Waals surface area contributed by atoms with Gasteiger partial charge in [-0.05, 0) is 76.9 Å². The topological polar surface area (TPSA) is 50.7 Å². The van der Waals surface area contributed by atoms with Crippen LogP contribution in [0.25, 0.3) is 6.08 Å². The lowest BCUT2D eigenvalue weighted by Crippen LogP contribution is -2.19. The highest BCUT2D eigenvalue weighted by Gasteiger charge is 2.25. The van der Waals surface area contributed by atoms with Crippen LogP contribution in [0.1, 0.15) is 16.7 Å². The first-order valence-corrected chi connectivity index (χ1v) is 10.2. The number of rotatable bonds is 3. The quantitative estimate of drug-likeness (QED) is 0.553. The van der Waals surface area contributed by atoms with Crippen molar-refractivity contribution in [1.82, 2.24) is 5.32 Å². The number of nitrogens with zero attached hydrogens (tertiary/aromatic N) is 1. The van der Waals surface area contributed by atoms with Gasteiger partial charge in [0.1, 0.15) is 5.75 Å². The zero-order valence-electron chi connectivity index (χ0n) is 14.4. The Morgan fingerprint density at radius 1 is 1.19 bits per heavy atom. The summed E-state index contributed by atoms with van der Waals surface area (Å²) in [6.07, 6.45) is 1.81. The largest absolute Gasteiger partial charge is 0.495 e. The van der Waals surface area contributed by atoms with Gasteiger partial charge in [-0.2, -0.15) is 0 Å². The second-order valence-electron chi connectivity index (χ2n) is 5.78. The molecule has 0 unspecified atom stereocenters. The molecule has 1 N–H and O–H groups in total. The number of thioether (sulfide) groups is 1. The molecule has 0 atom stereocenters. The number of methoxy groups -OCH3 is 1. The molecule has 1 aliphatic rings. The van der Waals surface area contributed by atoms with Crippen LogP contribution in [-0.2, 0) is 4.79 Å². The third-order valence-electron chi connectivity index (χ3n) is 3.77. The first kappa shape index (κ1) is 19.2. The van der Waals surface area contributed by atoms with E-state index in [9.17, 15) is 4.79 Å². The number of benzene rings is 2. The number of aliphatic imine (C=N–C) groups is 1. The van der Waals surface area contributed by atoms with Crippen molar-refractivity contribution < 1.29 is 9.53 Å². The van der Waals surface area contributed by atoms with Gasteiger partial charge < -0.3 is 10.1 Å². The number of carbonyl (C=O) groups is 1. The van der Waals surface area contributed by atoms with E-state index >= 15 is 0 Å². The molecule has 0 spiro atoms. The number of nitrogens with one attached hydrogen (secondary N) is 1. The Bertz CT molecular complexity index is 955. The number of hydrogen-bond donors (Lipinski definition) is 1. The number of carbonyl (C=O) groups excluding carboxylic acids is 1. The predicted molar refractivity (Wildman–Crippen MR) is 115 cm³/mol. The fraction of sp³-hybridized carbons (Fsp3) is 0.158. The van der Waals surface area contributed by atoms with Gasteiger partial charge in [0.05, 0.1) is 22.2 Å². The van der Waals surface area contributed by atoms with E-state index in [0.29, 0.717) is 15.8 Å². The fourth-order valence-electron chi connectivity index (χ4n) is 2.47. The lowest BCUT2D eigenvalue weighted by molar-refractivity contribution is -0.115. The van der Waals surface area contributed by atoms with Crippen molar-refractivity contribution in [3.05, 3.63) is 60.9 Å². The van der Waals surface area contributed by atoms with E-state index in [1.807, 2.05) is 44.2 Å². The Kier molecular flexibility index (Phi) is 5.89. The molecule has 7 heteroatoms. The summed E-state index contributed by atoms with van der Waals surface area (Å²) in [4.78, 5) is 17.5. The van der Waals surface area contributed by atoms with Gasteiger partial charge in [0.25, 0.3) is 5.91 Å². The standard InChI is InChI=1S/C19H16Br2N2O2S/c1-10-4-5-11(2)15(6-10)22-19-23-18(24)16(26-19)8-12-7-13(20)9-14(21)17(12)25-3/h4-9H,1-3H3,(H,22,23,24)/b16-8-. The number of halogens is 2. The maximum atomic E-state index is 12.4. The molecule has 0 aromatic heterocycles. The van der Waals surface area contributed by atoms with E-state index in [4.69, 9.17) is 4.74 Å². The molecule has 134 valence electrons. The van der Waals surface area contributed by atoms with E-state index < -0.39 is 0 Å². The molecule has 0 bridgehead atoms. The van der Waals surface area contributed by atoms with Crippen molar-refractivity contribution in [1.29, 1.82) is 0 Å². The second kappa shape index (κ2) is 7.98. The van der Waals surface area contributed by atoms with Gasteiger partial charge in [-0.25, -0.2) is 4.99 Å². The molecule has 4 nitrogen and oxygen atoms in total. The molecule has 0 radical (unpaired) electrons. The van der Waals surface area contributed by atoms with E-state index in [1.54, 1.807) is 13.2 Å². The molecular weight excluding hydrogens is 480 g/mol. The van der Waals surface area contributed by atoms with Crippen molar-refractivity contribution in [2.45, 2.75) is 13.8 Å². The minimum atomic E-state index is -0.169. The van der Waals surface area contributed by atoms with Crippen LogP contribution >= 0.6 is 43.6 Å². The number of ether oxygens (including phenoxy) is 1. The number of amides is 1. The summed E-state index contributed by atoms with van der Waals surface area (Å²) in [5.74, 6) is 0.506. The van der Waals surface area contributed by atoms with Gasteiger partial charge in [-0.15, -0.1) is 0 Å². The molecule has 2 aromatic rings. The smallest absolute Gasteiger partial charge is 0.264 e. The zero-order chi connectivity index (χ0) is 18.8. The first-order chi connectivity index (χ1) is 12.4. The molecule has 3 rings (SSSR count). The molecule has 0 aliphatic carbocycles. The van der Waals surface area contributed by atoms with Crippen molar-refractivity contribution >= 4 is 66.5 Å². The van der Waals surface area contributed by atoms with E-state index in [1.165, 1.54) is 11.8 Å². The van der Waals surface area contributed by atoms with Gasteiger partial charge >= 0.3 is 0 Å². The SMILES string of the molecule is COc1c(Br)cc(Br)cc1/C=C1\SC(=Nc2cc(C)ccc2C)NC1=O. The summed E-state index contributed by atoms with van der Waals surface area (Å²) in [5, 5.41) is 3.40. The monoisotopic (exact) mass is 494 g/mol. The summed E-state index contributed by atoms with van der Waals surface area (Å²) in [6, 6.07) is 9.88. The maximum Gasteiger partial charge on any atom is 0.264 e. The van der Waals surface area contributed by atoms with Crippen molar-refractivity contribution in [2.24, 2.45) is 4.99 Å². The molecule has 1 amide bonds. The molecule has 2 aromatic carbocycles. The summed E-state index contributed by atoms with van der Waals surface area (Å²) in [7, 11) is 1.60. The van der Waals surface area contributed by atoms with Crippen molar-refractivity contribution in [3.63, 3.8) is 0 Å². The van der Waals surface area contributed by atoms with E-state index in [2.05, 4.69) is 42.2 Å². The van der Waals surface area contributed by atoms with Crippen LogP contribution in [0.5, 0.6) is 5.75 Å². The first-order valence-electron chi connectivity index (χ1n) is 7.77. The van der Waals surface area contributed by atoms with Gasteiger partial charge in [0.2, 0.25) is 0 Å². The van der Waals surface area contributed by atoms with Crippen LogP contribution in [0, 0.1) is 13.8 Å². The normalized spacial score (nSPS) is 17.0. The minimum absolute atomic E-state index is 0.169. The average Bonchev–Trinajstić information content (AvgIpc) is 2.90. The Morgan fingerprint density at radius 3 is 2.69 bits per heavy atom. The zero-order valence-corrected chi connectivity index (χ0v) is 18.4. The second-order valence-corrected chi connectivity index (χ2v) is 8.58. The van der Waals surface area contributed by atoms with Crippen LogP contribution < -0.4 is 10.1 Å². The molecule has 1 heterocycles. The summed E-state index contributed by atoms with van der Waals surface area (Å²) >= 11 is 8.26. The fourth-order valence-corrected chi connectivity index (χ4v) is 4.72.